The van der Waals surface area contributed by atoms with E-state index in [1.165, 1.54) is 26.9 Å². The number of para-hydroxylation sites is 1. The van der Waals surface area contributed by atoms with Gasteiger partial charge >= 0.3 is 0 Å². The first-order valence-electron chi connectivity index (χ1n) is 11.9. The Bertz CT molecular complexity index is 1490. The molecule has 0 saturated heterocycles. The molecule has 10 heteroatoms. The van der Waals surface area contributed by atoms with Gasteiger partial charge in [0.15, 0.2) is 0 Å². The summed E-state index contributed by atoms with van der Waals surface area (Å²) in [5.41, 5.74) is 3.63. The highest BCUT2D eigenvalue weighted by molar-refractivity contribution is 7.89. The van der Waals surface area contributed by atoms with Crippen LogP contribution in [-0.2, 0) is 23.0 Å². The molecule has 2 aromatic carbocycles. The lowest BCUT2D eigenvalue weighted by Gasteiger charge is -2.22. The number of amides is 1. The number of thiophene rings is 1. The normalized spacial score (nSPS) is 14.3. The van der Waals surface area contributed by atoms with Crippen molar-refractivity contribution in [1.82, 2.24) is 14.2 Å². The molecular weight excluding hydrogens is 513 g/mol. The van der Waals surface area contributed by atoms with Gasteiger partial charge in [-0.1, -0.05) is 26.0 Å². The second-order valence-electron chi connectivity index (χ2n) is 8.75. The van der Waals surface area contributed by atoms with Crippen LogP contribution >= 0.6 is 22.7 Å². The Balaban J connectivity index is 1.48. The largest absolute Gasteiger partial charge is 0.313 e. The SMILES string of the molecule is CCN(CC)S(=O)(=O)c1ccc(C(=O)Nc2sc3c(c2-c2nc4ccccc4s2)CCN(C)C3)cc1. The summed E-state index contributed by atoms with van der Waals surface area (Å²) in [7, 11) is -1.47. The van der Waals surface area contributed by atoms with Crippen LogP contribution in [0, 0.1) is 0 Å². The second kappa shape index (κ2) is 10.0. The fourth-order valence-electron chi connectivity index (χ4n) is 4.49. The molecule has 1 aliphatic heterocycles. The molecule has 7 nitrogen and oxygen atoms in total. The molecule has 1 aliphatic rings. The number of rotatable bonds is 7. The summed E-state index contributed by atoms with van der Waals surface area (Å²) >= 11 is 3.24. The van der Waals surface area contributed by atoms with Crippen LogP contribution in [0.4, 0.5) is 5.00 Å². The third-order valence-corrected chi connectivity index (χ3v) is 10.7. The molecular formula is C26H28N4O3S3. The maximum atomic E-state index is 13.3. The lowest BCUT2D eigenvalue weighted by atomic mass is 10.0. The first kappa shape index (κ1) is 25.0. The molecule has 0 radical (unpaired) electrons. The van der Waals surface area contributed by atoms with Gasteiger partial charge < -0.3 is 10.2 Å². The zero-order valence-electron chi connectivity index (χ0n) is 20.4. The lowest BCUT2D eigenvalue weighted by molar-refractivity contribution is 0.102. The highest BCUT2D eigenvalue weighted by Crippen LogP contribution is 2.45. The van der Waals surface area contributed by atoms with Crippen molar-refractivity contribution in [2.24, 2.45) is 0 Å². The summed E-state index contributed by atoms with van der Waals surface area (Å²) < 4.78 is 28.1. The Morgan fingerprint density at radius 1 is 1.08 bits per heavy atom. The molecule has 0 atom stereocenters. The van der Waals surface area contributed by atoms with Crippen molar-refractivity contribution in [3.8, 4) is 10.6 Å². The van der Waals surface area contributed by atoms with Crippen molar-refractivity contribution in [2.75, 3.05) is 32.0 Å². The molecule has 0 fully saturated rings. The average molecular weight is 541 g/mol. The number of carbonyl (C=O) groups is 1. The van der Waals surface area contributed by atoms with Gasteiger partial charge in [0.25, 0.3) is 5.91 Å². The van der Waals surface area contributed by atoms with E-state index in [-0.39, 0.29) is 10.8 Å². The number of benzene rings is 2. The minimum Gasteiger partial charge on any atom is -0.313 e. The van der Waals surface area contributed by atoms with Gasteiger partial charge in [0, 0.05) is 42.2 Å². The molecule has 1 amide bonds. The predicted molar refractivity (Wildman–Crippen MR) is 147 cm³/mol. The van der Waals surface area contributed by atoms with Gasteiger partial charge in [-0.25, -0.2) is 13.4 Å². The monoisotopic (exact) mass is 540 g/mol. The van der Waals surface area contributed by atoms with E-state index in [1.807, 2.05) is 32.0 Å². The van der Waals surface area contributed by atoms with E-state index in [2.05, 4.69) is 23.3 Å². The van der Waals surface area contributed by atoms with Crippen LogP contribution in [-0.4, -0.2) is 55.2 Å². The quantitative estimate of drug-likeness (QED) is 0.344. The number of likely N-dealkylation sites (N-methyl/N-ethyl adjacent to an activating group) is 1. The summed E-state index contributed by atoms with van der Waals surface area (Å²) in [6.07, 6.45) is 0.904. The topological polar surface area (TPSA) is 82.6 Å². The van der Waals surface area contributed by atoms with Gasteiger partial charge in [-0.05, 0) is 55.4 Å². The molecule has 0 bridgehead atoms. The zero-order valence-corrected chi connectivity index (χ0v) is 22.9. The highest BCUT2D eigenvalue weighted by atomic mass is 32.2. The van der Waals surface area contributed by atoms with E-state index in [9.17, 15) is 13.2 Å². The first-order chi connectivity index (χ1) is 17.3. The fraction of sp³-hybridized carbons (Fsp3) is 0.308. The van der Waals surface area contributed by atoms with E-state index in [4.69, 9.17) is 4.98 Å². The summed E-state index contributed by atoms with van der Waals surface area (Å²) in [4.78, 5) is 21.9. The first-order valence-corrected chi connectivity index (χ1v) is 15.0. The third-order valence-electron chi connectivity index (χ3n) is 6.44. The van der Waals surface area contributed by atoms with Crippen LogP contribution in [0.15, 0.2) is 53.4 Å². The summed E-state index contributed by atoms with van der Waals surface area (Å²) in [6.45, 7) is 6.21. The van der Waals surface area contributed by atoms with E-state index in [0.29, 0.717) is 18.7 Å². The van der Waals surface area contributed by atoms with E-state index >= 15 is 0 Å². The van der Waals surface area contributed by atoms with Gasteiger partial charge in [-0.2, -0.15) is 4.31 Å². The van der Waals surface area contributed by atoms with Crippen molar-refractivity contribution in [3.63, 3.8) is 0 Å². The standard InChI is InChI=1S/C26H28N4O3S3/c1-4-30(5-2)36(32,33)18-12-10-17(11-13-18)24(31)28-26-23(19-14-15-29(3)16-22(19)35-26)25-27-20-8-6-7-9-21(20)34-25/h6-13H,4-5,14-16H2,1-3H3,(H,28,31). The predicted octanol–water partition coefficient (Wildman–Crippen LogP) is 5.30. The number of aromatic nitrogens is 1. The molecule has 0 saturated carbocycles. The molecule has 2 aromatic heterocycles. The molecule has 1 N–H and O–H groups in total. The number of carbonyl (C=O) groups excluding carboxylic acids is 1. The van der Waals surface area contributed by atoms with Crippen molar-refractivity contribution in [3.05, 3.63) is 64.5 Å². The maximum Gasteiger partial charge on any atom is 0.256 e. The molecule has 0 unspecified atom stereocenters. The van der Waals surface area contributed by atoms with Gasteiger partial charge in [0.2, 0.25) is 10.0 Å². The van der Waals surface area contributed by atoms with Crippen LogP contribution in [0.1, 0.15) is 34.6 Å². The Labute approximate surface area is 219 Å². The van der Waals surface area contributed by atoms with E-state index < -0.39 is 10.0 Å². The van der Waals surface area contributed by atoms with E-state index in [1.54, 1.807) is 34.8 Å². The number of anilines is 1. The average Bonchev–Trinajstić information content (AvgIpc) is 3.44. The molecule has 4 aromatic rings. The number of nitrogens with zero attached hydrogens (tertiary/aromatic N) is 3. The second-order valence-corrected chi connectivity index (χ2v) is 12.8. The van der Waals surface area contributed by atoms with Crippen LogP contribution < -0.4 is 5.32 Å². The van der Waals surface area contributed by atoms with Gasteiger partial charge in [0.1, 0.15) is 10.0 Å². The van der Waals surface area contributed by atoms with Gasteiger partial charge in [-0.3, -0.25) is 4.79 Å². The van der Waals surface area contributed by atoms with E-state index in [0.717, 1.165) is 45.3 Å². The summed E-state index contributed by atoms with van der Waals surface area (Å²) in [6, 6.07) is 14.2. The Morgan fingerprint density at radius 2 is 1.81 bits per heavy atom. The van der Waals surface area contributed by atoms with Crippen molar-refractivity contribution < 1.29 is 13.2 Å². The molecule has 3 heterocycles. The molecule has 188 valence electrons. The maximum absolute atomic E-state index is 13.3. The molecule has 0 aliphatic carbocycles. The van der Waals surface area contributed by atoms with Crippen LogP contribution in [0.5, 0.6) is 0 Å². The lowest BCUT2D eigenvalue weighted by Crippen LogP contribution is -2.30. The van der Waals surface area contributed by atoms with Gasteiger partial charge in [-0.15, -0.1) is 22.7 Å². The Morgan fingerprint density at radius 3 is 2.50 bits per heavy atom. The number of hydrogen-bond acceptors (Lipinski definition) is 7. The van der Waals surface area contributed by atoms with Crippen molar-refractivity contribution >= 4 is 53.8 Å². The summed E-state index contributed by atoms with van der Waals surface area (Å²) in [5.74, 6) is -0.268. The van der Waals surface area contributed by atoms with Crippen LogP contribution in [0.2, 0.25) is 0 Å². The van der Waals surface area contributed by atoms with Crippen molar-refractivity contribution in [1.29, 1.82) is 0 Å². The fourth-order valence-corrected chi connectivity index (χ4v) is 8.38. The number of sulfonamides is 1. The highest BCUT2D eigenvalue weighted by Gasteiger charge is 2.27. The number of hydrogen-bond donors (Lipinski definition) is 1. The Hall–Kier alpha value is -2.63. The molecule has 36 heavy (non-hydrogen) atoms. The zero-order chi connectivity index (χ0) is 25.4. The Kier molecular flexibility index (Phi) is 6.97. The molecule has 0 spiro atoms. The smallest absolute Gasteiger partial charge is 0.256 e. The van der Waals surface area contributed by atoms with Crippen LogP contribution in [0.25, 0.3) is 20.8 Å². The third kappa shape index (κ3) is 4.59. The number of thiazole rings is 1. The number of nitrogens with one attached hydrogen (secondary N) is 1. The van der Waals surface area contributed by atoms with Crippen molar-refractivity contribution in [2.45, 2.75) is 31.7 Å². The minimum atomic E-state index is -3.57. The summed E-state index contributed by atoms with van der Waals surface area (Å²) in [5, 5.41) is 4.82. The number of fused-ring (bicyclic) bond motifs is 2. The van der Waals surface area contributed by atoms with Crippen LogP contribution in [0.3, 0.4) is 0 Å². The minimum absolute atomic E-state index is 0.188. The molecule has 5 rings (SSSR count). The van der Waals surface area contributed by atoms with Gasteiger partial charge in [0.05, 0.1) is 15.1 Å².